The number of benzene rings is 1. The van der Waals surface area contributed by atoms with E-state index in [1.807, 2.05) is 12.1 Å². The van der Waals surface area contributed by atoms with E-state index in [1.54, 1.807) is 13.2 Å². The molecule has 5 nitrogen and oxygen atoms in total. The number of rotatable bonds is 9. The minimum absolute atomic E-state index is 0.0724. The molecule has 0 bridgehead atoms. The number of hydrogen-bond acceptors (Lipinski definition) is 4. The summed E-state index contributed by atoms with van der Waals surface area (Å²) in [6.07, 6.45) is 6.75. The van der Waals surface area contributed by atoms with Gasteiger partial charge >= 0.3 is 0 Å². The average molecular weight is 349 g/mol. The Kier molecular flexibility index (Phi) is 8.06. The Balaban J connectivity index is 1.90. The summed E-state index contributed by atoms with van der Waals surface area (Å²) >= 11 is 0. The van der Waals surface area contributed by atoms with Gasteiger partial charge in [0.2, 0.25) is 5.91 Å². The first-order valence-corrected chi connectivity index (χ1v) is 9.34. The van der Waals surface area contributed by atoms with E-state index in [9.17, 15) is 4.79 Å². The third-order valence-electron chi connectivity index (χ3n) is 4.55. The highest BCUT2D eigenvalue weighted by atomic mass is 16.5. The maximum absolute atomic E-state index is 12.3. The molecule has 0 saturated heterocycles. The van der Waals surface area contributed by atoms with Crippen molar-refractivity contribution >= 4 is 11.6 Å². The van der Waals surface area contributed by atoms with Crippen molar-refractivity contribution in [3.63, 3.8) is 0 Å². The molecule has 0 aromatic heterocycles. The molecule has 1 aromatic carbocycles. The zero-order chi connectivity index (χ0) is 18.1. The first-order chi connectivity index (χ1) is 12.1. The molecule has 1 aromatic rings. The maximum Gasteiger partial charge on any atom is 0.250 e. The number of ether oxygens (including phenoxy) is 3. The Hall–Kier alpha value is -1.75. The number of carbonyl (C=O) groups is 1. The molecule has 140 valence electrons. The van der Waals surface area contributed by atoms with Crippen LogP contribution < -0.4 is 14.8 Å². The molecule has 0 aliphatic heterocycles. The first kappa shape index (κ1) is 19.6. The fourth-order valence-corrected chi connectivity index (χ4v) is 3.10. The SMILES string of the molecule is CCCCOc1ccc(OC)cc1NC(=O)COC1CCCC(C)C1. The molecule has 0 spiro atoms. The monoisotopic (exact) mass is 349 g/mol. The lowest BCUT2D eigenvalue weighted by Gasteiger charge is -2.26. The highest BCUT2D eigenvalue weighted by Crippen LogP contribution is 2.30. The van der Waals surface area contributed by atoms with Crippen molar-refractivity contribution < 1.29 is 19.0 Å². The van der Waals surface area contributed by atoms with E-state index < -0.39 is 0 Å². The predicted molar refractivity (Wildman–Crippen MR) is 99.4 cm³/mol. The van der Waals surface area contributed by atoms with Crippen molar-refractivity contribution in [2.45, 2.75) is 58.5 Å². The molecule has 0 heterocycles. The van der Waals surface area contributed by atoms with Crippen LogP contribution in [-0.2, 0) is 9.53 Å². The van der Waals surface area contributed by atoms with Gasteiger partial charge in [0, 0.05) is 6.07 Å². The van der Waals surface area contributed by atoms with Gasteiger partial charge in [-0.15, -0.1) is 0 Å². The second kappa shape index (κ2) is 10.3. The molecule has 1 fully saturated rings. The topological polar surface area (TPSA) is 56.8 Å². The zero-order valence-electron chi connectivity index (χ0n) is 15.7. The molecule has 2 atom stereocenters. The Labute approximate surface area is 151 Å². The fourth-order valence-electron chi connectivity index (χ4n) is 3.10. The van der Waals surface area contributed by atoms with Gasteiger partial charge in [-0.25, -0.2) is 0 Å². The van der Waals surface area contributed by atoms with Crippen LogP contribution in [-0.4, -0.2) is 32.3 Å². The Morgan fingerprint density at radius 3 is 2.88 bits per heavy atom. The third-order valence-corrected chi connectivity index (χ3v) is 4.55. The van der Waals surface area contributed by atoms with Crippen LogP contribution in [0.25, 0.3) is 0 Å². The second-order valence-electron chi connectivity index (χ2n) is 6.82. The van der Waals surface area contributed by atoms with Gasteiger partial charge in [0.15, 0.2) is 0 Å². The summed E-state index contributed by atoms with van der Waals surface area (Å²) in [5.74, 6) is 1.86. The third kappa shape index (κ3) is 6.58. The van der Waals surface area contributed by atoms with Gasteiger partial charge < -0.3 is 19.5 Å². The summed E-state index contributed by atoms with van der Waals surface area (Å²) < 4.78 is 16.8. The predicted octanol–water partition coefficient (Wildman–Crippen LogP) is 4.41. The first-order valence-electron chi connectivity index (χ1n) is 9.34. The highest BCUT2D eigenvalue weighted by molar-refractivity contribution is 5.93. The van der Waals surface area contributed by atoms with Crippen molar-refractivity contribution in [1.82, 2.24) is 0 Å². The highest BCUT2D eigenvalue weighted by Gasteiger charge is 2.20. The van der Waals surface area contributed by atoms with E-state index in [1.165, 1.54) is 12.8 Å². The maximum atomic E-state index is 12.3. The molecule has 2 unspecified atom stereocenters. The van der Waals surface area contributed by atoms with E-state index in [0.717, 1.165) is 25.7 Å². The van der Waals surface area contributed by atoms with Gasteiger partial charge in [-0.3, -0.25) is 4.79 Å². The molecule has 1 aliphatic carbocycles. The van der Waals surface area contributed by atoms with Gasteiger partial charge in [-0.2, -0.15) is 0 Å². The molecule has 25 heavy (non-hydrogen) atoms. The number of anilines is 1. The van der Waals surface area contributed by atoms with Gasteiger partial charge in [0.25, 0.3) is 0 Å². The van der Waals surface area contributed by atoms with E-state index in [4.69, 9.17) is 14.2 Å². The molecule has 2 rings (SSSR count). The van der Waals surface area contributed by atoms with Crippen molar-refractivity contribution in [2.75, 3.05) is 25.6 Å². The molecule has 1 aliphatic rings. The number of unbranched alkanes of at least 4 members (excludes halogenated alkanes) is 1. The molecule has 0 radical (unpaired) electrons. The Bertz CT molecular complexity index is 546. The van der Waals surface area contributed by atoms with Crippen LogP contribution in [0.15, 0.2) is 18.2 Å². The Morgan fingerprint density at radius 1 is 1.32 bits per heavy atom. The number of amides is 1. The van der Waals surface area contributed by atoms with Crippen LogP contribution in [0.1, 0.15) is 52.4 Å². The van der Waals surface area contributed by atoms with E-state index in [0.29, 0.717) is 29.7 Å². The molecule has 1 amide bonds. The van der Waals surface area contributed by atoms with Gasteiger partial charge in [-0.05, 0) is 37.3 Å². The molecule has 5 heteroatoms. The number of carbonyl (C=O) groups excluding carboxylic acids is 1. The van der Waals surface area contributed by atoms with Gasteiger partial charge in [-0.1, -0.05) is 33.1 Å². The number of methoxy groups -OCH3 is 1. The summed E-state index contributed by atoms with van der Waals surface area (Å²) in [4.78, 5) is 12.3. The molecule has 1 saturated carbocycles. The lowest BCUT2D eigenvalue weighted by Crippen LogP contribution is -2.27. The van der Waals surface area contributed by atoms with E-state index in [-0.39, 0.29) is 18.6 Å². The van der Waals surface area contributed by atoms with Gasteiger partial charge in [0.05, 0.1) is 25.5 Å². The van der Waals surface area contributed by atoms with Crippen LogP contribution in [0.5, 0.6) is 11.5 Å². The van der Waals surface area contributed by atoms with E-state index in [2.05, 4.69) is 19.2 Å². The molecular weight excluding hydrogens is 318 g/mol. The fraction of sp³-hybridized carbons (Fsp3) is 0.650. The van der Waals surface area contributed by atoms with Crippen LogP contribution in [0.2, 0.25) is 0 Å². The minimum atomic E-state index is -0.160. The standard InChI is InChI=1S/C20H31NO4/c1-4-5-11-24-19-10-9-16(23-3)13-18(19)21-20(22)14-25-17-8-6-7-15(2)12-17/h9-10,13,15,17H,4-8,11-12,14H2,1-3H3,(H,21,22). The molecule has 1 N–H and O–H groups in total. The van der Waals surface area contributed by atoms with Crippen LogP contribution >= 0.6 is 0 Å². The second-order valence-corrected chi connectivity index (χ2v) is 6.82. The van der Waals surface area contributed by atoms with Crippen molar-refractivity contribution in [1.29, 1.82) is 0 Å². The minimum Gasteiger partial charge on any atom is -0.497 e. The number of nitrogens with one attached hydrogen (secondary N) is 1. The lowest BCUT2D eigenvalue weighted by atomic mass is 9.89. The Morgan fingerprint density at radius 2 is 2.16 bits per heavy atom. The summed E-state index contributed by atoms with van der Waals surface area (Å²) in [6, 6.07) is 5.44. The van der Waals surface area contributed by atoms with Gasteiger partial charge in [0.1, 0.15) is 18.1 Å². The van der Waals surface area contributed by atoms with Crippen molar-refractivity contribution in [3.8, 4) is 11.5 Å². The van der Waals surface area contributed by atoms with Crippen LogP contribution in [0, 0.1) is 5.92 Å². The van der Waals surface area contributed by atoms with Crippen LogP contribution in [0.4, 0.5) is 5.69 Å². The summed E-state index contributed by atoms with van der Waals surface area (Å²) in [7, 11) is 1.60. The smallest absolute Gasteiger partial charge is 0.250 e. The zero-order valence-corrected chi connectivity index (χ0v) is 15.7. The summed E-state index contributed by atoms with van der Waals surface area (Å²) in [6.45, 7) is 5.06. The summed E-state index contributed by atoms with van der Waals surface area (Å²) in [5, 5.41) is 2.89. The lowest BCUT2D eigenvalue weighted by molar-refractivity contribution is -0.123. The molecular formula is C20H31NO4. The largest absolute Gasteiger partial charge is 0.497 e. The normalized spacial score (nSPS) is 20.1. The number of hydrogen-bond donors (Lipinski definition) is 1. The van der Waals surface area contributed by atoms with Crippen LogP contribution in [0.3, 0.4) is 0 Å². The van der Waals surface area contributed by atoms with E-state index >= 15 is 0 Å². The van der Waals surface area contributed by atoms with Crippen molar-refractivity contribution in [3.05, 3.63) is 18.2 Å². The van der Waals surface area contributed by atoms with Crippen molar-refractivity contribution in [2.24, 2.45) is 5.92 Å². The average Bonchev–Trinajstić information content (AvgIpc) is 2.61. The summed E-state index contributed by atoms with van der Waals surface area (Å²) in [5.41, 5.74) is 0.626. The quantitative estimate of drug-likeness (QED) is 0.671.